The third-order valence-corrected chi connectivity index (χ3v) is 2.72. The molecule has 114 valence electrons. The minimum absolute atomic E-state index is 0.240. The highest BCUT2D eigenvalue weighted by Gasteiger charge is 2.06. The van der Waals surface area contributed by atoms with E-state index in [-0.39, 0.29) is 18.3 Å². The fourth-order valence-electron chi connectivity index (χ4n) is 1.68. The third-order valence-electron chi connectivity index (χ3n) is 2.72. The number of methoxy groups -OCH3 is 1. The smallest absolute Gasteiger partial charge is 0.265 e. The molecule has 0 aromatic heterocycles. The van der Waals surface area contributed by atoms with E-state index in [1.54, 1.807) is 36.4 Å². The Bertz CT molecular complexity index is 657. The summed E-state index contributed by atoms with van der Waals surface area (Å²) in [5, 5.41) is 6.31. The van der Waals surface area contributed by atoms with Crippen molar-refractivity contribution < 1.29 is 18.8 Å². The van der Waals surface area contributed by atoms with Crippen LogP contribution in [0.4, 0.5) is 10.1 Å². The van der Waals surface area contributed by atoms with E-state index in [9.17, 15) is 9.18 Å². The Labute approximate surface area is 127 Å². The Balaban J connectivity index is 1.81. The number of rotatable bonds is 6. The molecule has 0 saturated heterocycles. The molecule has 0 atom stereocenters. The van der Waals surface area contributed by atoms with Crippen molar-refractivity contribution in [3.05, 3.63) is 59.9 Å². The normalized spacial score (nSPS) is 10.5. The van der Waals surface area contributed by atoms with Crippen LogP contribution in [0, 0.1) is 5.82 Å². The maximum Gasteiger partial charge on any atom is 0.265 e. The molecule has 0 fully saturated rings. The second kappa shape index (κ2) is 7.78. The van der Waals surface area contributed by atoms with Crippen LogP contribution in [-0.2, 0) is 9.63 Å². The zero-order valence-electron chi connectivity index (χ0n) is 12.0. The molecule has 0 aliphatic carbocycles. The highest BCUT2D eigenvalue weighted by molar-refractivity contribution is 5.93. The van der Waals surface area contributed by atoms with Gasteiger partial charge < -0.3 is 14.9 Å². The van der Waals surface area contributed by atoms with Gasteiger partial charge in [0.25, 0.3) is 5.91 Å². The highest BCUT2D eigenvalue weighted by Crippen LogP contribution is 2.22. The Kier molecular flexibility index (Phi) is 5.48. The molecule has 1 N–H and O–H groups in total. The van der Waals surface area contributed by atoms with Gasteiger partial charge in [0.1, 0.15) is 11.6 Å². The number of para-hydroxylation sites is 2. The summed E-state index contributed by atoms with van der Waals surface area (Å²) in [6, 6.07) is 12.8. The molecule has 2 aromatic carbocycles. The lowest BCUT2D eigenvalue weighted by Crippen LogP contribution is -2.17. The number of nitrogens with one attached hydrogen (secondary N) is 1. The molecule has 0 aliphatic heterocycles. The van der Waals surface area contributed by atoms with Gasteiger partial charge in [0.15, 0.2) is 6.61 Å². The van der Waals surface area contributed by atoms with Crippen LogP contribution >= 0.6 is 0 Å². The van der Waals surface area contributed by atoms with Gasteiger partial charge in [-0.15, -0.1) is 0 Å². The van der Waals surface area contributed by atoms with E-state index in [1.165, 1.54) is 25.5 Å². The second-order valence-corrected chi connectivity index (χ2v) is 4.31. The summed E-state index contributed by atoms with van der Waals surface area (Å²) >= 11 is 0. The summed E-state index contributed by atoms with van der Waals surface area (Å²) in [7, 11) is 1.52. The number of oxime groups is 1. The lowest BCUT2D eigenvalue weighted by Gasteiger charge is -2.08. The van der Waals surface area contributed by atoms with E-state index in [2.05, 4.69) is 10.5 Å². The van der Waals surface area contributed by atoms with Crippen molar-refractivity contribution in [2.75, 3.05) is 19.0 Å². The lowest BCUT2D eigenvalue weighted by molar-refractivity contribution is -0.120. The van der Waals surface area contributed by atoms with Crippen molar-refractivity contribution in [3.63, 3.8) is 0 Å². The molecule has 0 unspecified atom stereocenters. The van der Waals surface area contributed by atoms with Crippen LogP contribution in [-0.4, -0.2) is 25.8 Å². The number of amides is 1. The van der Waals surface area contributed by atoms with Crippen LogP contribution in [0.3, 0.4) is 0 Å². The van der Waals surface area contributed by atoms with E-state index >= 15 is 0 Å². The number of halogens is 1. The molecule has 2 aromatic rings. The molecule has 6 heteroatoms. The first-order valence-corrected chi connectivity index (χ1v) is 6.53. The van der Waals surface area contributed by atoms with E-state index in [0.29, 0.717) is 17.0 Å². The van der Waals surface area contributed by atoms with Crippen molar-refractivity contribution in [3.8, 4) is 5.75 Å². The average Bonchev–Trinajstić information content (AvgIpc) is 2.54. The van der Waals surface area contributed by atoms with Crippen LogP contribution in [0.15, 0.2) is 53.7 Å². The van der Waals surface area contributed by atoms with Gasteiger partial charge in [-0.05, 0) is 29.8 Å². The summed E-state index contributed by atoms with van der Waals surface area (Å²) in [4.78, 5) is 16.6. The third kappa shape index (κ3) is 4.59. The number of benzene rings is 2. The molecule has 0 spiro atoms. The van der Waals surface area contributed by atoms with Crippen molar-refractivity contribution in [2.24, 2.45) is 5.16 Å². The quantitative estimate of drug-likeness (QED) is 0.659. The minimum Gasteiger partial charge on any atom is -0.495 e. The molecular formula is C16H15FN2O3. The van der Waals surface area contributed by atoms with Gasteiger partial charge in [-0.2, -0.15) is 0 Å². The summed E-state index contributed by atoms with van der Waals surface area (Å²) in [5.41, 5.74) is 1.23. The summed E-state index contributed by atoms with van der Waals surface area (Å²) in [6.07, 6.45) is 1.40. The first kappa shape index (κ1) is 15.5. The Morgan fingerprint density at radius 1 is 1.23 bits per heavy atom. The molecule has 2 rings (SSSR count). The minimum atomic E-state index is -0.360. The molecule has 0 heterocycles. The maximum absolute atomic E-state index is 12.7. The number of carbonyl (C=O) groups excluding carboxylic acids is 1. The Morgan fingerprint density at radius 2 is 1.95 bits per heavy atom. The maximum atomic E-state index is 12.7. The highest BCUT2D eigenvalue weighted by atomic mass is 19.1. The number of hydrogen-bond acceptors (Lipinski definition) is 4. The number of hydrogen-bond donors (Lipinski definition) is 1. The fraction of sp³-hybridized carbons (Fsp3) is 0.125. The van der Waals surface area contributed by atoms with Crippen LogP contribution in [0.1, 0.15) is 5.56 Å². The van der Waals surface area contributed by atoms with Gasteiger partial charge in [0, 0.05) is 0 Å². The summed E-state index contributed by atoms with van der Waals surface area (Å²) < 4.78 is 17.8. The molecular weight excluding hydrogens is 287 g/mol. The molecule has 1 amide bonds. The number of ether oxygens (including phenoxy) is 1. The van der Waals surface area contributed by atoms with E-state index in [1.807, 2.05) is 0 Å². The second-order valence-electron chi connectivity index (χ2n) is 4.31. The predicted molar refractivity (Wildman–Crippen MR) is 81.6 cm³/mol. The molecule has 0 bridgehead atoms. The van der Waals surface area contributed by atoms with Gasteiger partial charge in [0.2, 0.25) is 0 Å². The van der Waals surface area contributed by atoms with Gasteiger partial charge in [0.05, 0.1) is 19.0 Å². The Morgan fingerprint density at radius 3 is 2.68 bits per heavy atom. The molecule has 22 heavy (non-hydrogen) atoms. The van der Waals surface area contributed by atoms with Crippen LogP contribution in [0.5, 0.6) is 5.75 Å². The lowest BCUT2D eigenvalue weighted by atomic mass is 10.2. The van der Waals surface area contributed by atoms with E-state index in [0.717, 1.165) is 0 Å². The number of anilines is 1. The van der Waals surface area contributed by atoms with Gasteiger partial charge in [-0.25, -0.2) is 4.39 Å². The van der Waals surface area contributed by atoms with Gasteiger partial charge in [-0.3, -0.25) is 4.79 Å². The fourth-order valence-corrected chi connectivity index (χ4v) is 1.68. The van der Waals surface area contributed by atoms with Crippen molar-refractivity contribution in [2.45, 2.75) is 0 Å². The van der Waals surface area contributed by atoms with E-state index < -0.39 is 0 Å². The van der Waals surface area contributed by atoms with Crippen molar-refractivity contribution in [1.82, 2.24) is 0 Å². The standard InChI is InChI=1S/C16H15FN2O3/c1-21-15-5-3-2-4-14(15)19-16(20)11-22-18-10-12-6-8-13(17)9-7-12/h2-10H,11H2,1H3,(H,19,20)/b18-10+. The number of nitrogens with zero attached hydrogens (tertiary/aromatic N) is 1. The SMILES string of the molecule is COc1ccccc1NC(=O)CO/N=C/c1ccc(F)cc1. The first-order chi connectivity index (χ1) is 10.7. The first-order valence-electron chi connectivity index (χ1n) is 6.53. The summed E-state index contributed by atoms with van der Waals surface area (Å²) in [5.74, 6) is -0.124. The monoisotopic (exact) mass is 302 g/mol. The zero-order valence-corrected chi connectivity index (χ0v) is 12.0. The predicted octanol–water partition coefficient (Wildman–Crippen LogP) is 2.82. The van der Waals surface area contributed by atoms with Crippen LogP contribution in [0.25, 0.3) is 0 Å². The molecule has 0 aliphatic rings. The molecule has 0 saturated carbocycles. The van der Waals surface area contributed by atoms with Crippen molar-refractivity contribution >= 4 is 17.8 Å². The zero-order chi connectivity index (χ0) is 15.8. The van der Waals surface area contributed by atoms with Gasteiger partial charge >= 0.3 is 0 Å². The van der Waals surface area contributed by atoms with E-state index in [4.69, 9.17) is 9.57 Å². The molecule has 5 nitrogen and oxygen atoms in total. The average molecular weight is 302 g/mol. The topological polar surface area (TPSA) is 59.9 Å². The largest absolute Gasteiger partial charge is 0.495 e. The number of carbonyl (C=O) groups is 1. The summed E-state index contributed by atoms with van der Waals surface area (Å²) in [6.45, 7) is -0.240. The van der Waals surface area contributed by atoms with Crippen molar-refractivity contribution in [1.29, 1.82) is 0 Å². The van der Waals surface area contributed by atoms with Gasteiger partial charge in [-0.1, -0.05) is 29.4 Å². The van der Waals surface area contributed by atoms with Crippen LogP contribution < -0.4 is 10.1 Å². The molecule has 0 radical (unpaired) electrons. The van der Waals surface area contributed by atoms with Crippen LogP contribution in [0.2, 0.25) is 0 Å². The Hall–Kier alpha value is -2.89.